The zero-order valence-electron chi connectivity index (χ0n) is 37.7. The molecule has 2 N–H and O–H groups in total. The van der Waals surface area contributed by atoms with Gasteiger partial charge < -0.3 is 19.7 Å². The molecule has 0 unspecified atom stereocenters. The maximum absolute atomic E-state index is 12.4. The molecule has 0 saturated heterocycles. The number of phenolic OH excluding ortho intramolecular Hbond substituents is 1. The van der Waals surface area contributed by atoms with Gasteiger partial charge >= 0.3 is 0 Å². The van der Waals surface area contributed by atoms with Crippen molar-refractivity contribution in [2.24, 2.45) is 5.41 Å². The average molecular weight is 779 g/mol. The first-order valence-electron chi connectivity index (χ1n) is 20.2. The summed E-state index contributed by atoms with van der Waals surface area (Å²) in [6.07, 6.45) is 3.61. The van der Waals surface area contributed by atoms with Gasteiger partial charge in [-0.05, 0) is 103 Å². The topological polar surface area (TPSA) is 93.1 Å². The van der Waals surface area contributed by atoms with E-state index in [1.165, 1.54) is 13.8 Å². The van der Waals surface area contributed by atoms with Gasteiger partial charge in [-0.15, -0.1) is 0 Å². The quantitative estimate of drug-likeness (QED) is 0.118. The Balaban J connectivity index is 2.39. The SMILES string of the molecule is C=C(O)/C(=C\C(=C)C(C)(C)C)Cc1cc(C(C)(C)C)cc(Cc2cc(C(C)(C)C)cc(Cc3cc(C(C)(C)C)cc(CC)c3OCC(C)=O)c2O)c1OCC(C)=O. The molecular weight excluding hydrogens is 709 g/mol. The molecule has 3 aromatic rings. The van der Waals surface area contributed by atoms with Crippen LogP contribution in [0.4, 0.5) is 0 Å². The minimum Gasteiger partial charge on any atom is -0.508 e. The van der Waals surface area contributed by atoms with Crippen LogP contribution in [-0.4, -0.2) is 35.0 Å². The highest BCUT2D eigenvalue weighted by molar-refractivity contribution is 5.77. The molecule has 0 heterocycles. The highest BCUT2D eigenvalue weighted by Gasteiger charge is 2.27. The second-order valence-electron chi connectivity index (χ2n) is 19.9. The van der Waals surface area contributed by atoms with Crippen LogP contribution in [0, 0.1) is 5.41 Å². The van der Waals surface area contributed by atoms with Crippen LogP contribution >= 0.6 is 0 Å². The maximum atomic E-state index is 12.4. The lowest BCUT2D eigenvalue weighted by Gasteiger charge is -2.27. The number of hydrogen-bond donors (Lipinski definition) is 2. The summed E-state index contributed by atoms with van der Waals surface area (Å²) in [5, 5.41) is 23.2. The molecule has 0 fully saturated rings. The summed E-state index contributed by atoms with van der Waals surface area (Å²) in [5.74, 6) is 1.15. The minimum absolute atomic E-state index is 0.0333. The van der Waals surface area contributed by atoms with Crippen molar-refractivity contribution in [3.8, 4) is 17.2 Å². The first-order valence-corrected chi connectivity index (χ1v) is 20.2. The molecule has 0 aliphatic heterocycles. The van der Waals surface area contributed by atoms with Gasteiger partial charge in [-0.25, -0.2) is 0 Å². The summed E-state index contributed by atoms with van der Waals surface area (Å²) in [6, 6.07) is 12.7. The Labute approximate surface area is 344 Å². The van der Waals surface area contributed by atoms with Crippen LogP contribution in [0.25, 0.3) is 0 Å². The summed E-state index contributed by atoms with van der Waals surface area (Å²) in [6.45, 7) is 38.8. The zero-order chi connectivity index (χ0) is 43.4. The standard InChI is InChI=1S/C51H70O6/c1-18-35-23-42(49(9,10)11)27-40(46(35)56-29-32(3)52)21-37-24-43(50(12,13)14)25-38(45(37)55)22-41-28-44(51(15,16)17)26-39(47(41)57-30-33(4)53)20-36(34(5)54)19-31(2)48(6,7)8/h19,23-28,54-55H,2,5,18,20-22,29-30H2,1,3-4,6-17H3/b36-19-. The molecule has 0 spiro atoms. The maximum Gasteiger partial charge on any atom is 0.167 e. The minimum atomic E-state index is -0.260. The Kier molecular flexibility index (Phi) is 14.7. The van der Waals surface area contributed by atoms with Gasteiger partial charge in [-0.3, -0.25) is 9.59 Å². The molecule has 0 bridgehead atoms. The number of aliphatic hydroxyl groups is 1. The molecule has 6 heteroatoms. The molecule has 3 aromatic carbocycles. The number of hydrogen-bond acceptors (Lipinski definition) is 6. The lowest BCUT2D eigenvalue weighted by molar-refractivity contribution is -0.119. The number of benzene rings is 3. The van der Waals surface area contributed by atoms with E-state index >= 15 is 0 Å². The molecule has 0 saturated carbocycles. The van der Waals surface area contributed by atoms with E-state index in [-0.39, 0.29) is 57.9 Å². The summed E-state index contributed by atoms with van der Waals surface area (Å²) < 4.78 is 12.6. The second kappa shape index (κ2) is 17.9. The molecule has 3 rings (SSSR count). The van der Waals surface area contributed by atoms with Gasteiger partial charge in [0.25, 0.3) is 0 Å². The number of aromatic hydroxyl groups is 1. The van der Waals surface area contributed by atoms with E-state index in [9.17, 15) is 19.8 Å². The lowest BCUT2D eigenvalue weighted by atomic mass is 9.80. The van der Waals surface area contributed by atoms with Gasteiger partial charge in [0.15, 0.2) is 11.6 Å². The lowest BCUT2D eigenvalue weighted by Crippen LogP contribution is -2.17. The Morgan fingerprint density at radius 3 is 1.30 bits per heavy atom. The van der Waals surface area contributed by atoms with Crippen LogP contribution in [0.3, 0.4) is 0 Å². The van der Waals surface area contributed by atoms with Gasteiger partial charge in [-0.1, -0.05) is 146 Å². The average Bonchev–Trinajstić information content (AvgIpc) is 3.05. The molecule has 0 atom stereocenters. The van der Waals surface area contributed by atoms with Crippen LogP contribution in [0.2, 0.25) is 0 Å². The fourth-order valence-corrected chi connectivity index (χ4v) is 6.49. The highest BCUT2D eigenvalue weighted by Crippen LogP contribution is 2.41. The number of Topliss-reactive ketones (excluding diaryl/α,β-unsaturated/α-hetero) is 2. The molecule has 0 aromatic heterocycles. The third-order valence-corrected chi connectivity index (χ3v) is 10.4. The van der Waals surface area contributed by atoms with E-state index in [1.807, 2.05) is 6.08 Å². The number of aryl methyl sites for hydroxylation is 1. The summed E-state index contributed by atoms with van der Waals surface area (Å²) in [4.78, 5) is 24.5. The number of rotatable bonds is 15. The Bertz CT molecular complexity index is 2030. The Hall–Kier alpha value is -4.58. The molecule has 0 amide bonds. The van der Waals surface area contributed by atoms with Crippen LogP contribution in [0.5, 0.6) is 17.2 Å². The zero-order valence-corrected chi connectivity index (χ0v) is 37.7. The predicted molar refractivity (Wildman–Crippen MR) is 237 cm³/mol. The monoisotopic (exact) mass is 779 g/mol. The van der Waals surface area contributed by atoms with Crippen molar-refractivity contribution < 1.29 is 29.3 Å². The highest BCUT2D eigenvalue weighted by atomic mass is 16.5. The number of allylic oxidation sites excluding steroid dienone is 3. The van der Waals surface area contributed by atoms with Crippen molar-refractivity contribution in [3.63, 3.8) is 0 Å². The summed E-state index contributed by atoms with van der Waals surface area (Å²) in [7, 11) is 0. The smallest absolute Gasteiger partial charge is 0.167 e. The number of ketones is 2. The van der Waals surface area contributed by atoms with Crippen molar-refractivity contribution in [3.05, 3.63) is 123 Å². The van der Waals surface area contributed by atoms with Crippen LogP contribution < -0.4 is 9.47 Å². The Morgan fingerprint density at radius 1 is 0.614 bits per heavy atom. The number of aliphatic hydroxyl groups excluding tert-OH is 1. The van der Waals surface area contributed by atoms with Crippen molar-refractivity contribution in [2.75, 3.05) is 13.2 Å². The van der Waals surface area contributed by atoms with Gasteiger partial charge in [0.2, 0.25) is 0 Å². The summed E-state index contributed by atoms with van der Waals surface area (Å²) >= 11 is 0. The van der Waals surface area contributed by atoms with Crippen LogP contribution in [0.15, 0.2) is 72.5 Å². The molecule has 0 radical (unpaired) electrons. The third-order valence-electron chi connectivity index (χ3n) is 10.4. The van der Waals surface area contributed by atoms with Gasteiger partial charge in [0, 0.05) is 19.3 Å². The molecule has 0 aliphatic carbocycles. The molecule has 6 nitrogen and oxygen atoms in total. The number of carbonyl (C=O) groups excluding carboxylic acids is 2. The predicted octanol–water partition coefficient (Wildman–Crippen LogP) is 12.1. The second-order valence-corrected chi connectivity index (χ2v) is 19.9. The normalized spacial score (nSPS) is 12.7. The van der Waals surface area contributed by atoms with Crippen molar-refractivity contribution in [2.45, 2.75) is 146 Å². The van der Waals surface area contributed by atoms with Crippen molar-refractivity contribution in [1.82, 2.24) is 0 Å². The number of ether oxygens (including phenoxy) is 2. The van der Waals surface area contributed by atoms with Crippen LogP contribution in [0.1, 0.15) is 154 Å². The third kappa shape index (κ3) is 12.7. The largest absolute Gasteiger partial charge is 0.508 e. The van der Waals surface area contributed by atoms with Crippen molar-refractivity contribution >= 4 is 11.6 Å². The van der Waals surface area contributed by atoms with Gasteiger partial charge in [0.1, 0.15) is 36.2 Å². The Morgan fingerprint density at radius 2 is 0.965 bits per heavy atom. The molecular formula is C51H70O6. The fourth-order valence-electron chi connectivity index (χ4n) is 6.49. The van der Waals surface area contributed by atoms with E-state index in [1.54, 1.807) is 0 Å². The summed E-state index contributed by atoms with van der Waals surface area (Å²) in [5.41, 5.74) is 8.84. The molecule has 0 aliphatic rings. The van der Waals surface area contributed by atoms with E-state index in [2.05, 4.69) is 140 Å². The first kappa shape index (κ1) is 46.8. The van der Waals surface area contributed by atoms with Gasteiger partial charge in [0.05, 0.1) is 0 Å². The van der Waals surface area contributed by atoms with Crippen molar-refractivity contribution in [1.29, 1.82) is 0 Å². The molecule has 310 valence electrons. The number of phenols is 1. The van der Waals surface area contributed by atoms with Crippen LogP contribution in [-0.2, 0) is 51.5 Å². The molecule has 57 heavy (non-hydrogen) atoms. The van der Waals surface area contributed by atoms with E-state index in [4.69, 9.17) is 9.47 Å². The van der Waals surface area contributed by atoms with E-state index < -0.39 is 0 Å². The first-order chi connectivity index (χ1) is 26.0. The number of carbonyl (C=O) groups is 2. The fraction of sp³-hybridized carbons (Fsp3) is 0.490. The van der Waals surface area contributed by atoms with E-state index in [0.29, 0.717) is 36.3 Å². The van der Waals surface area contributed by atoms with Gasteiger partial charge in [-0.2, -0.15) is 0 Å². The van der Waals surface area contributed by atoms with E-state index in [0.717, 1.165) is 62.1 Å².